The molecule has 0 bridgehead atoms. The zero-order valence-corrected chi connectivity index (χ0v) is 19.9. The van der Waals surface area contributed by atoms with Crippen molar-refractivity contribution in [2.75, 3.05) is 23.3 Å². The van der Waals surface area contributed by atoms with Crippen molar-refractivity contribution < 1.29 is 13.2 Å². The number of nitrogens with one attached hydrogen (secondary N) is 1. The van der Waals surface area contributed by atoms with Gasteiger partial charge in [0.15, 0.2) is 11.6 Å². The third kappa shape index (κ3) is 4.44. The van der Waals surface area contributed by atoms with Crippen LogP contribution in [-0.2, 0) is 6.18 Å². The van der Waals surface area contributed by atoms with E-state index in [2.05, 4.69) is 51.0 Å². The van der Waals surface area contributed by atoms with Gasteiger partial charge in [0.05, 0.1) is 16.9 Å². The van der Waals surface area contributed by atoms with Crippen LogP contribution in [0.5, 0.6) is 0 Å². The Bertz CT molecular complexity index is 1560. The van der Waals surface area contributed by atoms with Gasteiger partial charge in [-0.15, -0.1) is 15.3 Å². The van der Waals surface area contributed by atoms with Crippen LogP contribution in [0, 0.1) is 6.92 Å². The van der Waals surface area contributed by atoms with Crippen LogP contribution in [0.1, 0.15) is 35.8 Å². The van der Waals surface area contributed by atoms with Gasteiger partial charge in [-0.3, -0.25) is 4.40 Å². The number of nitrogens with zero attached hydrogens (tertiary/aromatic N) is 12. The van der Waals surface area contributed by atoms with Crippen LogP contribution >= 0.6 is 0 Å². The Morgan fingerprint density at radius 2 is 1.82 bits per heavy atom. The van der Waals surface area contributed by atoms with E-state index in [1.165, 1.54) is 11.0 Å². The normalized spacial score (nSPS) is 14.8. The molecule has 38 heavy (non-hydrogen) atoms. The molecule has 5 aromatic rings. The summed E-state index contributed by atoms with van der Waals surface area (Å²) < 4.78 is 41.8. The quantitative estimate of drug-likeness (QED) is 0.363. The van der Waals surface area contributed by atoms with Crippen LogP contribution in [0.2, 0.25) is 0 Å². The molecule has 0 amide bonds. The monoisotopic (exact) mass is 523 g/mol. The van der Waals surface area contributed by atoms with E-state index >= 15 is 0 Å². The summed E-state index contributed by atoms with van der Waals surface area (Å²) in [7, 11) is 0. The Labute approximate surface area is 212 Å². The van der Waals surface area contributed by atoms with Crippen molar-refractivity contribution in [1.82, 2.24) is 54.7 Å². The molecule has 0 saturated carbocycles. The fourth-order valence-electron chi connectivity index (χ4n) is 4.38. The minimum Gasteiger partial charge on any atom is -0.341 e. The number of anilines is 3. The second kappa shape index (κ2) is 9.28. The summed E-state index contributed by atoms with van der Waals surface area (Å²) in [5.74, 6) is 2.30. The van der Waals surface area contributed by atoms with Crippen LogP contribution in [0.25, 0.3) is 11.5 Å². The lowest BCUT2D eigenvalue weighted by Crippen LogP contribution is -2.34. The molecule has 13 nitrogen and oxygen atoms in total. The van der Waals surface area contributed by atoms with Crippen molar-refractivity contribution in [2.24, 2.45) is 0 Å². The predicted molar refractivity (Wildman–Crippen MR) is 127 cm³/mol. The third-order valence-corrected chi connectivity index (χ3v) is 6.37. The maximum Gasteiger partial charge on any atom is 0.419 e. The second-order valence-corrected chi connectivity index (χ2v) is 8.74. The number of halogens is 3. The van der Waals surface area contributed by atoms with E-state index in [4.69, 9.17) is 0 Å². The lowest BCUT2D eigenvalue weighted by Gasteiger charge is -2.31. The lowest BCUT2D eigenvalue weighted by atomic mass is 9.96. The first-order valence-corrected chi connectivity index (χ1v) is 11.7. The molecule has 0 atom stereocenters. The molecule has 5 aromatic heterocycles. The number of aromatic nitrogens is 11. The molecule has 1 N–H and O–H groups in total. The van der Waals surface area contributed by atoms with Gasteiger partial charge in [-0.25, -0.2) is 19.9 Å². The highest BCUT2D eigenvalue weighted by Gasteiger charge is 2.32. The summed E-state index contributed by atoms with van der Waals surface area (Å²) in [6.07, 6.45) is 3.57. The summed E-state index contributed by atoms with van der Waals surface area (Å²) in [6, 6.07) is 3.65. The molecular weight excluding hydrogens is 503 g/mol. The molecule has 0 aromatic carbocycles. The van der Waals surface area contributed by atoms with Crippen LogP contribution in [-0.4, -0.2) is 67.8 Å². The van der Waals surface area contributed by atoms with Gasteiger partial charge in [-0.05, 0) is 42.3 Å². The van der Waals surface area contributed by atoms with E-state index in [1.54, 1.807) is 12.3 Å². The van der Waals surface area contributed by atoms with Crippen LogP contribution in [0.4, 0.5) is 30.6 Å². The van der Waals surface area contributed by atoms with E-state index in [1.807, 2.05) is 28.5 Å². The predicted octanol–water partition coefficient (Wildman–Crippen LogP) is 2.74. The molecule has 0 radical (unpaired) electrons. The van der Waals surface area contributed by atoms with Crippen molar-refractivity contribution in [2.45, 2.75) is 31.9 Å². The number of alkyl halides is 3. The SMILES string of the molecule is Cc1nc(-n2cnnn2)ccc1Nc1nccn2c(C3CCN(c4ncc(C(F)(F)F)cn4)CC3)nnc12. The molecule has 0 spiro atoms. The molecule has 0 aliphatic carbocycles. The number of hydrogen-bond donors (Lipinski definition) is 1. The molecule has 1 fully saturated rings. The second-order valence-electron chi connectivity index (χ2n) is 8.74. The number of aryl methyl sites for hydroxylation is 1. The standard InChI is InChI=1S/C22H20F3N13/c1-13-16(2-3-17(30-13)38-12-29-34-35-38)31-18-20-33-32-19(37(20)9-6-26-18)14-4-7-36(8-5-14)21-27-10-15(11-28-21)22(23,24)25/h2-3,6,9-12,14H,4-5,7-8H2,1H3,(H,26,31). The number of hydrogen-bond acceptors (Lipinski definition) is 11. The van der Waals surface area contributed by atoms with Gasteiger partial charge in [-0.1, -0.05) is 0 Å². The number of piperidine rings is 1. The molecule has 1 aliphatic rings. The summed E-state index contributed by atoms with van der Waals surface area (Å²) in [6.45, 7) is 3.03. The van der Waals surface area contributed by atoms with Gasteiger partial charge < -0.3 is 10.2 Å². The number of pyridine rings is 1. The first kappa shape index (κ1) is 23.6. The lowest BCUT2D eigenvalue weighted by molar-refractivity contribution is -0.138. The highest BCUT2D eigenvalue weighted by atomic mass is 19.4. The van der Waals surface area contributed by atoms with Gasteiger partial charge >= 0.3 is 6.18 Å². The van der Waals surface area contributed by atoms with Gasteiger partial charge in [0.25, 0.3) is 0 Å². The van der Waals surface area contributed by atoms with E-state index in [-0.39, 0.29) is 11.9 Å². The van der Waals surface area contributed by atoms with E-state index in [0.717, 1.165) is 42.4 Å². The average molecular weight is 523 g/mol. The van der Waals surface area contributed by atoms with Crippen molar-refractivity contribution in [3.63, 3.8) is 0 Å². The van der Waals surface area contributed by atoms with E-state index in [0.29, 0.717) is 30.4 Å². The molecule has 0 unspecified atom stereocenters. The number of tetrazole rings is 1. The number of fused-ring (bicyclic) bond motifs is 1. The van der Waals surface area contributed by atoms with E-state index in [9.17, 15) is 13.2 Å². The van der Waals surface area contributed by atoms with Crippen molar-refractivity contribution in [3.05, 3.63) is 60.3 Å². The molecule has 6 rings (SSSR count). The third-order valence-electron chi connectivity index (χ3n) is 6.37. The Hall–Kier alpha value is -4.76. The van der Waals surface area contributed by atoms with Gasteiger partial charge in [0, 0.05) is 43.8 Å². The zero-order chi connectivity index (χ0) is 26.3. The first-order chi connectivity index (χ1) is 18.4. The fraction of sp³-hybridized carbons (Fsp3) is 0.318. The highest BCUT2D eigenvalue weighted by molar-refractivity contribution is 5.70. The topological polar surface area (TPSA) is 141 Å². The Morgan fingerprint density at radius 3 is 2.50 bits per heavy atom. The Balaban J connectivity index is 1.17. The van der Waals surface area contributed by atoms with Crippen LogP contribution in [0.15, 0.2) is 43.2 Å². The molecule has 194 valence electrons. The van der Waals surface area contributed by atoms with Gasteiger partial charge in [0.1, 0.15) is 12.2 Å². The smallest absolute Gasteiger partial charge is 0.341 e. The van der Waals surface area contributed by atoms with Gasteiger partial charge in [-0.2, -0.15) is 17.9 Å². The molecule has 1 saturated heterocycles. The number of rotatable bonds is 5. The molecule has 1 aliphatic heterocycles. The van der Waals surface area contributed by atoms with Crippen molar-refractivity contribution in [3.8, 4) is 5.82 Å². The maximum absolute atomic E-state index is 12.8. The van der Waals surface area contributed by atoms with Crippen molar-refractivity contribution >= 4 is 23.1 Å². The Kier molecular flexibility index (Phi) is 5.77. The summed E-state index contributed by atoms with van der Waals surface area (Å²) in [5, 5.41) is 23.2. The van der Waals surface area contributed by atoms with Crippen LogP contribution < -0.4 is 10.2 Å². The van der Waals surface area contributed by atoms with E-state index < -0.39 is 11.7 Å². The highest BCUT2D eigenvalue weighted by Crippen LogP contribution is 2.32. The summed E-state index contributed by atoms with van der Waals surface area (Å²) >= 11 is 0. The van der Waals surface area contributed by atoms with Crippen LogP contribution in [0.3, 0.4) is 0 Å². The zero-order valence-electron chi connectivity index (χ0n) is 19.9. The van der Waals surface area contributed by atoms with Gasteiger partial charge in [0.2, 0.25) is 11.6 Å². The summed E-state index contributed by atoms with van der Waals surface area (Å²) in [4.78, 5) is 18.7. The minimum atomic E-state index is -4.46. The fourth-order valence-corrected chi connectivity index (χ4v) is 4.38. The summed E-state index contributed by atoms with van der Waals surface area (Å²) in [5.41, 5.74) is 1.18. The maximum atomic E-state index is 12.8. The van der Waals surface area contributed by atoms with Crippen molar-refractivity contribution in [1.29, 1.82) is 0 Å². The minimum absolute atomic E-state index is 0.102. The average Bonchev–Trinajstić information content (AvgIpc) is 3.61. The molecule has 6 heterocycles. The molecular formula is C22H20F3N13. The largest absolute Gasteiger partial charge is 0.419 e. The first-order valence-electron chi connectivity index (χ1n) is 11.7. The Morgan fingerprint density at radius 1 is 1.03 bits per heavy atom. The molecule has 16 heteroatoms.